The Morgan fingerprint density at radius 3 is 2.53 bits per heavy atom. The molecular weight excluding hydrogens is 265 g/mol. The van der Waals surface area contributed by atoms with Crippen molar-refractivity contribution in [2.24, 2.45) is 0 Å². The highest BCUT2D eigenvalue weighted by molar-refractivity contribution is 8.00. The molecule has 2 rings (SSSR count). The number of carbonyl (C=O) groups is 1. The monoisotopic (exact) mass is 277 g/mol. The van der Waals surface area contributed by atoms with Crippen LogP contribution in [0.5, 0.6) is 0 Å². The second-order valence-corrected chi connectivity index (χ2v) is 5.10. The van der Waals surface area contributed by atoms with Gasteiger partial charge in [-0.15, -0.1) is 0 Å². The van der Waals surface area contributed by atoms with Crippen molar-refractivity contribution < 1.29 is 9.18 Å². The Hall–Kier alpha value is -1.95. The zero-order chi connectivity index (χ0) is 13.7. The first kappa shape index (κ1) is 13.5. The van der Waals surface area contributed by atoms with E-state index in [4.69, 9.17) is 0 Å². The Bertz CT molecular complexity index is 548. The van der Waals surface area contributed by atoms with E-state index >= 15 is 0 Å². The molecular formula is C13H12FN3OS. The highest BCUT2D eigenvalue weighted by Crippen LogP contribution is 2.20. The smallest absolute Gasteiger partial charge is 0.237 e. The van der Waals surface area contributed by atoms with Gasteiger partial charge >= 0.3 is 0 Å². The molecule has 1 amide bonds. The molecule has 0 saturated heterocycles. The number of aromatic nitrogens is 2. The zero-order valence-electron chi connectivity index (χ0n) is 10.2. The third-order valence-electron chi connectivity index (χ3n) is 2.31. The van der Waals surface area contributed by atoms with Gasteiger partial charge in [0.05, 0.1) is 5.25 Å². The molecule has 0 fully saturated rings. The van der Waals surface area contributed by atoms with Gasteiger partial charge in [-0.05, 0) is 37.3 Å². The van der Waals surface area contributed by atoms with Crippen molar-refractivity contribution in [2.75, 3.05) is 5.32 Å². The zero-order valence-corrected chi connectivity index (χ0v) is 11.0. The van der Waals surface area contributed by atoms with E-state index in [9.17, 15) is 9.18 Å². The standard InChI is InChI=1S/C13H12FN3OS/c1-9(19-13-15-7-2-8-16-13)12(18)17-11-5-3-10(14)4-6-11/h2-9H,1H3,(H,17,18)/t9-/m0/s1. The molecule has 6 heteroatoms. The van der Waals surface area contributed by atoms with Crippen molar-refractivity contribution in [2.45, 2.75) is 17.3 Å². The van der Waals surface area contributed by atoms with Gasteiger partial charge in [-0.3, -0.25) is 4.79 Å². The first-order valence-electron chi connectivity index (χ1n) is 5.65. The SMILES string of the molecule is C[C@H](Sc1ncccn1)C(=O)Nc1ccc(F)cc1. The summed E-state index contributed by atoms with van der Waals surface area (Å²) < 4.78 is 12.7. The summed E-state index contributed by atoms with van der Waals surface area (Å²) in [5.41, 5.74) is 0.563. The van der Waals surface area contributed by atoms with Crippen LogP contribution < -0.4 is 5.32 Å². The van der Waals surface area contributed by atoms with E-state index in [2.05, 4.69) is 15.3 Å². The van der Waals surface area contributed by atoms with Gasteiger partial charge < -0.3 is 5.32 Å². The molecule has 1 heterocycles. The number of carbonyl (C=O) groups excluding carboxylic acids is 1. The molecule has 0 saturated carbocycles. The highest BCUT2D eigenvalue weighted by atomic mass is 32.2. The number of nitrogens with one attached hydrogen (secondary N) is 1. The lowest BCUT2D eigenvalue weighted by Crippen LogP contribution is -2.22. The maximum absolute atomic E-state index is 12.7. The Morgan fingerprint density at radius 2 is 1.89 bits per heavy atom. The summed E-state index contributed by atoms with van der Waals surface area (Å²) in [4.78, 5) is 20.0. The third-order valence-corrected chi connectivity index (χ3v) is 3.29. The molecule has 2 aromatic rings. The van der Waals surface area contributed by atoms with E-state index in [0.29, 0.717) is 10.8 Å². The van der Waals surface area contributed by atoms with Gasteiger partial charge in [-0.2, -0.15) is 0 Å². The van der Waals surface area contributed by atoms with Crippen molar-refractivity contribution in [3.05, 3.63) is 48.5 Å². The molecule has 0 spiro atoms. The lowest BCUT2D eigenvalue weighted by molar-refractivity contribution is -0.115. The summed E-state index contributed by atoms with van der Waals surface area (Å²) in [5.74, 6) is -0.512. The fraction of sp³-hybridized carbons (Fsp3) is 0.154. The Kier molecular flexibility index (Phi) is 4.46. The summed E-state index contributed by atoms with van der Waals surface area (Å²) >= 11 is 1.27. The second kappa shape index (κ2) is 6.29. The molecule has 1 aromatic heterocycles. The van der Waals surface area contributed by atoms with Crippen molar-refractivity contribution in [1.29, 1.82) is 0 Å². The highest BCUT2D eigenvalue weighted by Gasteiger charge is 2.15. The van der Waals surface area contributed by atoms with Crippen LogP contribution in [-0.2, 0) is 4.79 Å². The molecule has 0 aliphatic heterocycles. The van der Waals surface area contributed by atoms with E-state index in [1.165, 1.54) is 36.0 Å². The van der Waals surface area contributed by atoms with Gasteiger partial charge in [0.25, 0.3) is 0 Å². The molecule has 4 nitrogen and oxygen atoms in total. The molecule has 1 N–H and O–H groups in total. The van der Waals surface area contributed by atoms with Gasteiger partial charge in [0, 0.05) is 18.1 Å². The van der Waals surface area contributed by atoms with Gasteiger partial charge in [-0.1, -0.05) is 11.8 Å². The minimum Gasteiger partial charge on any atom is -0.325 e. The summed E-state index contributed by atoms with van der Waals surface area (Å²) in [6.45, 7) is 1.76. The topological polar surface area (TPSA) is 54.9 Å². The van der Waals surface area contributed by atoms with Crippen molar-refractivity contribution in [3.8, 4) is 0 Å². The van der Waals surface area contributed by atoms with Crippen LogP contribution in [0.2, 0.25) is 0 Å². The minimum absolute atomic E-state index is 0.177. The molecule has 1 atom stereocenters. The molecule has 98 valence electrons. The number of thioether (sulfide) groups is 1. The van der Waals surface area contributed by atoms with Gasteiger partial charge in [0.1, 0.15) is 5.82 Å². The summed E-state index contributed by atoms with van der Waals surface area (Å²) in [7, 11) is 0. The van der Waals surface area contributed by atoms with Crippen LogP contribution in [0.1, 0.15) is 6.92 Å². The maximum Gasteiger partial charge on any atom is 0.237 e. The van der Waals surface area contributed by atoms with E-state index in [1.54, 1.807) is 25.4 Å². The molecule has 0 aliphatic carbocycles. The predicted octanol–water partition coefficient (Wildman–Crippen LogP) is 2.74. The van der Waals surface area contributed by atoms with Crippen LogP contribution in [-0.4, -0.2) is 21.1 Å². The third kappa shape index (κ3) is 4.03. The lowest BCUT2D eigenvalue weighted by Gasteiger charge is -2.10. The maximum atomic E-state index is 12.7. The Morgan fingerprint density at radius 1 is 1.26 bits per heavy atom. The van der Waals surface area contributed by atoms with Crippen molar-refractivity contribution >= 4 is 23.4 Å². The first-order chi connectivity index (χ1) is 9.15. The Balaban J connectivity index is 1.94. The van der Waals surface area contributed by atoms with Crippen LogP contribution in [0.3, 0.4) is 0 Å². The summed E-state index contributed by atoms with van der Waals surface area (Å²) in [6.07, 6.45) is 3.25. The number of halogens is 1. The van der Waals surface area contributed by atoms with E-state index in [-0.39, 0.29) is 17.0 Å². The predicted molar refractivity (Wildman–Crippen MR) is 72.4 cm³/mol. The van der Waals surface area contributed by atoms with Crippen molar-refractivity contribution in [1.82, 2.24) is 9.97 Å². The average Bonchev–Trinajstić information content (AvgIpc) is 2.42. The van der Waals surface area contributed by atoms with Crippen LogP contribution in [0.15, 0.2) is 47.9 Å². The van der Waals surface area contributed by atoms with E-state index in [0.717, 1.165) is 0 Å². The largest absolute Gasteiger partial charge is 0.325 e. The molecule has 1 aromatic carbocycles. The minimum atomic E-state index is -0.340. The fourth-order valence-corrected chi connectivity index (χ4v) is 2.06. The number of hydrogen-bond donors (Lipinski definition) is 1. The second-order valence-electron chi connectivity index (χ2n) is 3.79. The molecule has 0 radical (unpaired) electrons. The quantitative estimate of drug-likeness (QED) is 0.689. The number of rotatable bonds is 4. The molecule has 0 bridgehead atoms. The van der Waals surface area contributed by atoms with E-state index < -0.39 is 0 Å². The van der Waals surface area contributed by atoms with Gasteiger partial charge in [0.15, 0.2) is 5.16 Å². The lowest BCUT2D eigenvalue weighted by atomic mass is 10.3. The number of amides is 1. The molecule has 19 heavy (non-hydrogen) atoms. The fourth-order valence-electron chi connectivity index (χ4n) is 1.34. The number of hydrogen-bond acceptors (Lipinski definition) is 4. The van der Waals surface area contributed by atoms with Gasteiger partial charge in [-0.25, -0.2) is 14.4 Å². The number of benzene rings is 1. The number of nitrogens with zero attached hydrogens (tertiary/aromatic N) is 2. The average molecular weight is 277 g/mol. The number of anilines is 1. The van der Waals surface area contributed by atoms with E-state index in [1.807, 2.05) is 0 Å². The van der Waals surface area contributed by atoms with Crippen LogP contribution in [0.4, 0.5) is 10.1 Å². The Labute approximate surface area is 114 Å². The van der Waals surface area contributed by atoms with Gasteiger partial charge in [0.2, 0.25) is 5.91 Å². The van der Waals surface area contributed by atoms with Crippen molar-refractivity contribution in [3.63, 3.8) is 0 Å². The summed E-state index contributed by atoms with van der Waals surface area (Å²) in [5, 5.41) is 2.91. The van der Waals surface area contributed by atoms with Crippen LogP contribution >= 0.6 is 11.8 Å². The first-order valence-corrected chi connectivity index (χ1v) is 6.53. The molecule has 0 unspecified atom stereocenters. The normalized spacial score (nSPS) is 11.9. The van der Waals surface area contributed by atoms with Crippen LogP contribution in [0, 0.1) is 5.82 Å². The van der Waals surface area contributed by atoms with Crippen LogP contribution in [0.25, 0.3) is 0 Å². The molecule has 0 aliphatic rings. The summed E-state index contributed by atoms with van der Waals surface area (Å²) in [6, 6.07) is 7.35.